The molecule has 0 amide bonds. The summed E-state index contributed by atoms with van der Waals surface area (Å²) in [5, 5.41) is 13.7. The van der Waals surface area contributed by atoms with E-state index >= 15 is 0 Å². The molecule has 0 bridgehead atoms. The number of rotatable bonds is 8. The molecule has 108 valence electrons. The van der Waals surface area contributed by atoms with Crippen molar-refractivity contribution in [3.05, 3.63) is 29.8 Å². The van der Waals surface area contributed by atoms with E-state index in [4.69, 9.17) is 0 Å². The fourth-order valence-electron chi connectivity index (χ4n) is 1.74. The monoisotopic (exact) mass is 281 g/mol. The first-order chi connectivity index (χ1) is 8.99. The summed E-state index contributed by atoms with van der Waals surface area (Å²) < 4.78 is 0. The van der Waals surface area contributed by atoms with Crippen molar-refractivity contribution >= 4 is 11.8 Å². The number of nitrogens with one attached hydrogen (secondary N) is 1. The van der Waals surface area contributed by atoms with E-state index in [-0.39, 0.29) is 0 Å². The Balaban J connectivity index is 2.57. The van der Waals surface area contributed by atoms with Crippen LogP contribution >= 0.6 is 11.8 Å². The van der Waals surface area contributed by atoms with Crippen LogP contribution in [-0.4, -0.2) is 22.5 Å². The molecular weight excluding hydrogens is 254 g/mol. The highest BCUT2D eigenvalue weighted by atomic mass is 32.2. The Morgan fingerprint density at radius 2 is 1.95 bits per heavy atom. The molecule has 0 fully saturated rings. The first kappa shape index (κ1) is 16.5. The van der Waals surface area contributed by atoms with Crippen LogP contribution in [0.4, 0.5) is 0 Å². The third kappa shape index (κ3) is 5.98. The van der Waals surface area contributed by atoms with Crippen LogP contribution in [0, 0.1) is 0 Å². The fraction of sp³-hybridized carbons (Fsp3) is 0.625. The van der Waals surface area contributed by atoms with E-state index in [0.717, 1.165) is 25.1 Å². The van der Waals surface area contributed by atoms with E-state index in [2.05, 4.69) is 43.4 Å². The number of hydrogen-bond donors (Lipinski definition) is 2. The largest absolute Gasteiger partial charge is 0.389 e. The maximum Gasteiger partial charge on any atom is 0.0736 e. The van der Waals surface area contributed by atoms with Gasteiger partial charge in [0.15, 0.2) is 0 Å². The Bertz CT molecular complexity index is 375. The molecule has 19 heavy (non-hydrogen) atoms. The maximum atomic E-state index is 10.3. The van der Waals surface area contributed by atoms with Gasteiger partial charge >= 0.3 is 0 Å². The van der Waals surface area contributed by atoms with Gasteiger partial charge in [-0.1, -0.05) is 39.8 Å². The van der Waals surface area contributed by atoms with Gasteiger partial charge in [0.2, 0.25) is 0 Å². The second-order valence-electron chi connectivity index (χ2n) is 5.40. The molecule has 1 rings (SSSR count). The standard InChI is InChI=1S/C16H27NOS/c1-5-16(18,6-2)12-19-15-9-7-8-14(10-15)11-17-13(3)4/h7-10,13,17-18H,5-6,11-12H2,1-4H3. The Kier molecular flexibility index (Phi) is 6.90. The predicted molar refractivity (Wildman–Crippen MR) is 84.7 cm³/mol. The van der Waals surface area contributed by atoms with Crippen molar-refractivity contribution in [2.24, 2.45) is 0 Å². The van der Waals surface area contributed by atoms with Crippen molar-refractivity contribution in [2.45, 2.75) is 63.6 Å². The van der Waals surface area contributed by atoms with Crippen LogP contribution in [-0.2, 0) is 6.54 Å². The van der Waals surface area contributed by atoms with Gasteiger partial charge in [-0.2, -0.15) is 0 Å². The zero-order valence-electron chi connectivity index (χ0n) is 12.6. The minimum absolute atomic E-state index is 0.501. The summed E-state index contributed by atoms with van der Waals surface area (Å²) in [5.41, 5.74) is 0.770. The smallest absolute Gasteiger partial charge is 0.0736 e. The van der Waals surface area contributed by atoms with Crippen LogP contribution in [0.25, 0.3) is 0 Å². The molecule has 0 heterocycles. The first-order valence-corrected chi connectivity index (χ1v) is 8.15. The lowest BCUT2D eigenvalue weighted by Gasteiger charge is -2.24. The first-order valence-electron chi connectivity index (χ1n) is 7.16. The van der Waals surface area contributed by atoms with Crippen molar-refractivity contribution in [2.75, 3.05) is 5.75 Å². The van der Waals surface area contributed by atoms with Crippen LogP contribution in [0.3, 0.4) is 0 Å². The summed E-state index contributed by atoms with van der Waals surface area (Å²) in [4.78, 5) is 1.24. The van der Waals surface area contributed by atoms with Gasteiger partial charge in [0, 0.05) is 23.2 Å². The molecule has 3 heteroatoms. The Morgan fingerprint density at radius 1 is 1.26 bits per heavy atom. The van der Waals surface area contributed by atoms with Gasteiger partial charge < -0.3 is 10.4 Å². The third-order valence-corrected chi connectivity index (χ3v) is 4.71. The van der Waals surface area contributed by atoms with Crippen LogP contribution in [0.2, 0.25) is 0 Å². The molecule has 0 saturated carbocycles. The highest BCUT2D eigenvalue weighted by Crippen LogP contribution is 2.27. The van der Waals surface area contributed by atoms with E-state index < -0.39 is 5.60 Å². The SMILES string of the molecule is CCC(O)(CC)CSc1cccc(CNC(C)C)c1. The lowest BCUT2D eigenvalue weighted by Crippen LogP contribution is -2.29. The highest BCUT2D eigenvalue weighted by molar-refractivity contribution is 7.99. The van der Waals surface area contributed by atoms with E-state index in [9.17, 15) is 5.11 Å². The summed E-state index contributed by atoms with van der Waals surface area (Å²) in [6.45, 7) is 9.31. The van der Waals surface area contributed by atoms with Gasteiger partial charge in [-0.25, -0.2) is 0 Å². The molecule has 0 unspecified atom stereocenters. The summed E-state index contributed by atoms with van der Waals surface area (Å²) in [5.74, 6) is 0.765. The van der Waals surface area contributed by atoms with Gasteiger partial charge in [-0.3, -0.25) is 0 Å². The summed E-state index contributed by atoms with van der Waals surface area (Å²) >= 11 is 1.75. The van der Waals surface area contributed by atoms with Crippen molar-refractivity contribution in [3.8, 4) is 0 Å². The summed E-state index contributed by atoms with van der Waals surface area (Å²) in [7, 11) is 0. The fourth-order valence-corrected chi connectivity index (χ4v) is 2.99. The Labute approximate surface area is 122 Å². The van der Waals surface area contributed by atoms with E-state index in [1.54, 1.807) is 11.8 Å². The van der Waals surface area contributed by atoms with Gasteiger partial charge in [0.05, 0.1) is 5.60 Å². The average Bonchev–Trinajstić information content (AvgIpc) is 2.43. The molecule has 0 spiro atoms. The topological polar surface area (TPSA) is 32.3 Å². The maximum absolute atomic E-state index is 10.3. The third-order valence-electron chi connectivity index (χ3n) is 3.44. The number of thioether (sulfide) groups is 1. The molecule has 0 aliphatic carbocycles. The van der Waals surface area contributed by atoms with E-state index in [1.807, 2.05) is 13.8 Å². The number of aliphatic hydroxyl groups is 1. The van der Waals surface area contributed by atoms with E-state index in [0.29, 0.717) is 6.04 Å². The number of hydrogen-bond acceptors (Lipinski definition) is 3. The predicted octanol–water partition coefficient (Wildman–Crippen LogP) is 3.83. The lowest BCUT2D eigenvalue weighted by atomic mass is 10.0. The average molecular weight is 281 g/mol. The quantitative estimate of drug-likeness (QED) is 0.710. The summed E-state index contributed by atoms with van der Waals surface area (Å²) in [6.07, 6.45) is 1.62. The van der Waals surface area contributed by atoms with Crippen molar-refractivity contribution in [1.82, 2.24) is 5.32 Å². The highest BCUT2D eigenvalue weighted by Gasteiger charge is 2.22. The van der Waals surface area contributed by atoms with E-state index in [1.165, 1.54) is 10.5 Å². The molecule has 2 nitrogen and oxygen atoms in total. The lowest BCUT2D eigenvalue weighted by molar-refractivity contribution is 0.0572. The second-order valence-corrected chi connectivity index (χ2v) is 6.45. The zero-order chi connectivity index (χ0) is 14.3. The normalized spacial score (nSPS) is 12.1. The molecule has 2 N–H and O–H groups in total. The zero-order valence-corrected chi connectivity index (χ0v) is 13.4. The van der Waals surface area contributed by atoms with Crippen molar-refractivity contribution in [3.63, 3.8) is 0 Å². The minimum Gasteiger partial charge on any atom is -0.389 e. The van der Waals surface area contributed by atoms with Gasteiger partial charge in [-0.15, -0.1) is 11.8 Å². The molecule has 0 radical (unpaired) electrons. The van der Waals surface area contributed by atoms with Crippen LogP contribution in [0.1, 0.15) is 46.1 Å². The molecule has 0 atom stereocenters. The second kappa shape index (κ2) is 7.93. The van der Waals surface area contributed by atoms with Crippen LogP contribution in [0.5, 0.6) is 0 Å². The number of benzene rings is 1. The molecule has 1 aromatic carbocycles. The molecule has 0 saturated heterocycles. The molecule has 0 aliphatic rings. The molecule has 0 aromatic heterocycles. The van der Waals surface area contributed by atoms with Gasteiger partial charge in [0.1, 0.15) is 0 Å². The van der Waals surface area contributed by atoms with Crippen molar-refractivity contribution in [1.29, 1.82) is 0 Å². The van der Waals surface area contributed by atoms with Crippen LogP contribution in [0.15, 0.2) is 29.2 Å². The van der Waals surface area contributed by atoms with Crippen molar-refractivity contribution < 1.29 is 5.11 Å². The van der Waals surface area contributed by atoms with Crippen LogP contribution < -0.4 is 5.32 Å². The molecular formula is C16H27NOS. The van der Waals surface area contributed by atoms with Gasteiger partial charge in [-0.05, 0) is 30.5 Å². The summed E-state index contributed by atoms with van der Waals surface area (Å²) in [6, 6.07) is 9.07. The molecule has 0 aliphatic heterocycles. The molecule has 1 aromatic rings. The Morgan fingerprint density at radius 3 is 2.53 bits per heavy atom. The van der Waals surface area contributed by atoms with Gasteiger partial charge in [0.25, 0.3) is 0 Å². The Hall–Kier alpha value is -0.510. The minimum atomic E-state index is -0.531.